The molecule has 3 aromatic rings. The lowest BCUT2D eigenvalue weighted by atomic mass is 10.2. The van der Waals surface area contributed by atoms with Crippen LogP contribution in [-0.2, 0) is 25.2 Å². The van der Waals surface area contributed by atoms with Gasteiger partial charge < -0.3 is 25.2 Å². The Balaban J connectivity index is 1.55. The van der Waals surface area contributed by atoms with Gasteiger partial charge >= 0.3 is 5.97 Å². The van der Waals surface area contributed by atoms with Crippen LogP contribution in [0.5, 0.6) is 11.5 Å². The van der Waals surface area contributed by atoms with Crippen LogP contribution in [0.25, 0.3) is 6.08 Å². The van der Waals surface area contributed by atoms with Crippen LogP contribution in [-0.4, -0.2) is 46.2 Å². The van der Waals surface area contributed by atoms with Crippen LogP contribution in [0, 0.1) is 0 Å². The summed E-state index contributed by atoms with van der Waals surface area (Å²) in [7, 11) is -0.854. The summed E-state index contributed by atoms with van der Waals surface area (Å²) in [4.78, 5) is 24.7. The number of aliphatic carboxylic acids is 1. The quantitative estimate of drug-likeness (QED) is 0.341. The number of rotatable bonds is 9. The summed E-state index contributed by atoms with van der Waals surface area (Å²) in [6, 6.07) is 16.7. The Morgan fingerprint density at radius 2 is 1.73 bits per heavy atom. The first-order chi connectivity index (χ1) is 17.7. The molecule has 0 spiro atoms. The molecule has 0 bridgehead atoms. The van der Waals surface area contributed by atoms with E-state index < -0.39 is 15.8 Å². The number of nitrogens with one attached hydrogen (secondary N) is 2. The largest absolute Gasteiger partial charge is 0.496 e. The van der Waals surface area contributed by atoms with Gasteiger partial charge in [-0.1, -0.05) is 30.0 Å². The van der Waals surface area contributed by atoms with Gasteiger partial charge in [-0.25, -0.2) is 8.42 Å². The summed E-state index contributed by atoms with van der Waals surface area (Å²) in [5.41, 5.74) is 2.23. The molecule has 192 valence electrons. The molecule has 3 aromatic carbocycles. The third kappa shape index (κ3) is 6.07. The summed E-state index contributed by atoms with van der Waals surface area (Å²) in [5.74, 6) is -0.833. The van der Waals surface area contributed by atoms with Gasteiger partial charge in [-0.3, -0.25) is 9.59 Å². The van der Waals surface area contributed by atoms with Gasteiger partial charge in [0.05, 0.1) is 41.0 Å². The first kappa shape index (κ1) is 26.1. The minimum absolute atomic E-state index is 0.0667. The molecule has 0 unspecified atom stereocenters. The maximum absolute atomic E-state index is 13.2. The lowest BCUT2D eigenvalue weighted by molar-refractivity contribution is -0.135. The van der Waals surface area contributed by atoms with Gasteiger partial charge in [-0.05, 0) is 54.1 Å². The smallest absolute Gasteiger partial charge is 0.322 e. The van der Waals surface area contributed by atoms with E-state index in [9.17, 15) is 18.0 Å². The van der Waals surface area contributed by atoms with Gasteiger partial charge in [0.2, 0.25) is 0 Å². The number of carboxylic acid groups (broad SMARTS) is 1. The fraction of sp³-hybridized carbons (Fsp3) is 0.154. The lowest BCUT2D eigenvalue weighted by Crippen LogP contribution is -2.18. The Morgan fingerprint density at radius 1 is 1.05 bits per heavy atom. The van der Waals surface area contributed by atoms with Gasteiger partial charge in [-0.2, -0.15) is 0 Å². The Morgan fingerprint density at radius 3 is 2.35 bits per heavy atom. The predicted octanol–water partition coefficient (Wildman–Crippen LogP) is 4.26. The van der Waals surface area contributed by atoms with Crippen molar-refractivity contribution in [3.05, 3.63) is 76.7 Å². The van der Waals surface area contributed by atoms with Crippen LogP contribution in [0.3, 0.4) is 0 Å². The molecule has 1 amide bonds. The van der Waals surface area contributed by atoms with Crippen molar-refractivity contribution in [1.29, 1.82) is 0 Å². The number of fused-ring (bicyclic) bond motifs is 1. The standard InChI is InChI=1S/C26H24N2O7S2/c1-34-21-4-3-5-22(35-2)19(21)15-37(32,33)18-10-11-23-20(13-18)28-26(31)24(36-23)12-16-6-8-17(9-7-16)27-14-25(29)30/h3-13,27H,14-15H2,1-2H3,(H,28,31)(H,29,30)/b24-12-. The molecule has 0 radical (unpaired) electrons. The Bertz CT molecular complexity index is 1460. The molecule has 1 aliphatic heterocycles. The minimum Gasteiger partial charge on any atom is -0.496 e. The van der Waals surface area contributed by atoms with Crippen LogP contribution < -0.4 is 20.1 Å². The third-order valence-corrected chi connectivity index (χ3v) is 8.26. The van der Waals surface area contributed by atoms with Crippen molar-refractivity contribution in [2.75, 3.05) is 31.4 Å². The highest BCUT2D eigenvalue weighted by Crippen LogP contribution is 2.41. The fourth-order valence-electron chi connectivity index (χ4n) is 3.70. The van der Waals surface area contributed by atoms with Crippen LogP contribution in [0.4, 0.5) is 11.4 Å². The normalized spacial score (nSPS) is 14.0. The summed E-state index contributed by atoms with van der Waals surface area (Å²) in [6.07, 6.45) is 1.71. The molecule has 0 saturated heterocycles. The highest BCUT2D eigenvalue weighted by molar-refractivity contribution is 8.04. The molecule has 0 aliphatic carbocycles. The monoisotopic (exact) mass is 540 g/mol. The number of carbonyl (C=O) groups excluding carboxylic acids is 1. The average Bonchev–Trinajstić information content (AvgIpc) is 2.88. The van der Waals surface area contributed by atoms with Gasteiger partial charge in [0.1, 0.15) is 18.0 Å². The van der Waals surface area contributed by atoms with Crippen molar-refractivity contribution in [1.82, 2.24) is 0 Å². The van der Waals surface area contributed by atoms with E-state index >= 15 is 0 Å². The van der Waals surface area contributed by atoms with Gasteiger partial charge in [-0.15, -0.1) is 0 Å². The maximum Gasteiger partial charge on any atom is 0.322 e. The van der Waals surface area contributed by atoms with Crippen LogP contribution in [0.15, 0.2) is 75.4 Å². The minimum atomic E-state index is -3.78. The zero-order valence-electron chi connectivity index (χ0n) is 20.0. The van der Waals surface area contributed by atoms with E-state index in [-0.39, 0.29) is 23.1 Å². The molecule has 37 heavy (non-hydrogen) atoms. The number of thioether (sulfide) groups is 1. The second-order valence-electron chi connectivity index (χ2n) is 7.99. The van der Waals surface area contributed by atoms with Crippen molar-refractivity contribution in [3.8, 4) is 11.5 Å². The van der Waals surface area contributed by atoms with E-state index in [2.05, 4.69) is 10.6 Å². The second-order valence-corrected chi connectivity index (χ2v) is 11.1. The first-order valence-corrected chi connectivity index (χ1v) is 13.5. The number of carbonyl (C=O) groups is 2. The van der Waals surface area contributed by atoms with Crippen molar-refractivity contribution < 1.29 is 32.6 Å². The molecule has 4 rings (SSSR count). The van der Waals surface area contributed by atoms with Crippen molar-refractivity contribution in [2.24, 2.45) is 0 Å². The summed E-state index contributed by atoms with van der Waals surface area (Å²) in [5, 5.41) is 14.3. The molecule has 0 saturated carbocycles. The maximum atomic E-state index is 13.2. The molecule has 9 nitrogen and oxygen atoms in total. The molecule has 0 fully saturated rings. The van der Waals surface area contributed by atoms with Crippen molar-refractivity contribution in [3.63, 3.8) is 0 Å². The second kappa shape index (κ2) is 11.0. The van der Waals surface area contributed by atoms with Crippen LogP contribution in [0.2, 0.25) is 0 Å². The topological polar surface area (TPSA) is 131 Å². The lowest BCUT2D eigenvalue weighted by Gasteiger charge is -2.20. The number of carboxylic acids is 1. The number of anilines is 2. The van der Waals surface area contributed by atoms with Gasteiger partial charge in [0.25, 0.3) is 5.91 Å². The fourth-order valence-corrected chi connectivity index (χ4v) is 6.04. The van der Waals surface area contributed by atoms with Crippen LogP contribution >= 0.6 is 11.8 Å². The Labute approximate surface area is 218 Å². The van der Waals surface area contributed by atoms with Crippen molar-refractivity contribution >= 4 is 50.9 Å². The molecule has 0 aromatic heterocycles. The summed E-state index contributed by atoms with van der Waals surface area (Å²) < 4.78 is 37.1. The molecule has 1 heterocycles. The zero-order valence-corrected chi connectivity index (χ0v) is 21.6. The van der Waals surface area contributed by atoms with Gasteiger partial charge in [0, 0.05) is 10.6 Å². The molecule has 1 aliphatic rings. The average molecular weight is 541 g/mol. The van der Waals surface area contributed by atoms with E-state index in [0.717, 1.165) is 5.56 Å². The Hall–Kier alpha value is -3.96. The van der Waals surface area contributed by atoms with E-state index in [1.54, 1.807) is 54.6 Å². The number of hydrogen-bond donors (Lipinski definition) is 3. The first-order valence-electron chi connectivity index (χ1n) is 11.0. The summed E-state index contributed by atoms with van der Waals surface area (Å²) >= 11 is 1.23. The number of methoxy groups -OCH3 is 2. The van der Waals surface area contributed by atoms with E-state index in [1.165, 1.54) is 38.1 Å². The highest BCUT2D eigenvalue weighted by Gasteiger charge is 2.26. The number of sulfone groups is 1. The van der Waals surface area contributed by atoms with E-state index in [1.807, 2.05) is 0 Å². The Kier molecular flexibility index (Phi) is 7.74. The van der Waals surface area contributed by atoms with Crippen LogP contribution in [0.1, 0.15) is 11.1 Å². The zero-order chi connectivity index (χ0) is 26.6. The number of hydrogen-bond acceptors (Lipinski definition) is 8. The molecular formula is C26H24N2O7S2. The number of ether oxygens (including phenoxy) is 2. The molecule has 11 heteroatoms. The van der Waals surface area contributed by atoms with E-state index in [4.69, 9.17) is 14.6 Å². The SMILES string of the molecule is COc1cccc(OC)c1CS(=O)(=O)c1ccc2c(c1)NC(=O)/C(=C/c1ccc(NCC(=O)O)cc1)S2. The van der Waals surface area contributed by atoms with Gasteiger partial charge in [0.15, 0.2) is 9.84 Å². The van der Waals surface area contributed by atoms with E-state index in [0.29, 0.717) is 38.2 Å². The highest BCUT2D eigenvalue weighted by atomic mass is 32.2. The number of amides is 1. The molecule has 3 N–H and O–H groups in total. The third-order valence-electron chi connectivity index (χ3n) is 5.52. The van der Waals surface area contributed by atoms with Crippen molar-refractivity contribution in [2.45, 2.75) is 15.5 Å². The molecular weight excluding hydrogens is 516 g/mol. The summed E-state index contributed by atoms with van der Waals surface area (Å²) in [6.45, 7) is -0.195. The predicted molar refractivity (Wildman–Crippen MR) is 142 cm³/mol. The molecule has 0 atom stereocenters. The number of benzene rings is 3.